The van der Waals surface area contributed by atoms with Crippen molar-refractivity contribution in [3.8, 4) is 0 Å². The quantitative estimate of drug-likeness (QED) is 0.804. The zero-order valence-corrected chi connectivity index (χ0v) is 10.1. The molecule has 1 aliphatic rings. The second kappa shape index (κ2) is 4.82. The van der Waals surface area contributed by atoms with Gasteiger partial charge in [-0.05, 0) is 33.2 Å². The van der Waals surface area contributed by atoms with E-state index in [-0.39, 0.29) is 5.69 Å². The minimum atomic E-state index is 0.0676. The van der Waals surface area contributed by atoms with Crippen LogP contribution in [0, 0.1) is 0 Å². The summed E-state index contributed by atoms with van der Waals surface area (Å²) in [5.41, 5.74) is 0.0676. The van der Waals surface area contributed by atoms with Gasteiger partial charge < -0.3 is 5.32 Å². The standard InChI is InChI=1S/C11H20N4O/c1-9(12-2)6-8-15-11(16)14-7-4-3-5-10(14)13-15/h9,12H,3-8H2,1-2H3. The van der Waals surface area contributed by atoms with Crippen molar-refractivity contribution < 1.29 is 0 Å². The number of nitrogens with one attached hydrogen (secondary N) is 1. The minimum Gasteiger partial charge on any atom is -0.317 e. The Morgan fingerprint density at radius 1 is 1.50 bits per heavy atom. The highest BCUT2D eigenvalue weighted by molar-refractivity contribution is 4.91. The Bertz CT molecular complexity index is 407. The van der Waals surface area contributed by atoms with Crippen LogP contribution in [0.3, 0.4) is 0 Å². The number of hydrogen-bond donors (Lipinski definition) is 1. The van der Waals surface area contributed by atoms with Gasteiger partial charge in [0.05, 0.1) is 0 Å². The molecule has 0 radical (unpaired) electrons. The fourth-order valence-electron chi connectivity index (χ4n) is 2.05. The lowest BCUT2D eigenvalue weighted by Gasteiger charge is -2.09. The second-order valence-electron chi connectivity index (χ2n) is 4.51. The number of aryl methyl sites for hydroxylation is 2. The summed E-state index contributed by atoms with van der Waals surface area (Å²) < 4.78 is 3.45. The Hall–Kier alpha value is -1.10. The summed E-state index contributed by atoms with van der Waals surface area (Å²) in [5.74, 6) is 0.966. The summed E-state index contributed by atoms with van der Waals surface area (Å²) in [7, 11) is 1.94. The molecule has 0 spiro atoms. The summed E-state index contributed by atoms with van der Waals surface area (Å²) in [5, 5.41) is 7.56. The number of nitrogens with zero attached hydrogens (tertiary/aromatic N) is 3. The topological polar surface area (TPSA) is 51.9 Å². The van der Waals surface area contributed by atoms with Crippen LogP contribution in [-0.4, -0.2) is 27.4 Å². The van der Waals surface area contributed by atoms with Gasteiger partial charge in [0.15, 0.2) is 0 Å². The van der Waals surface area contributed by atoms with Gasteiger partial charge >= 0.3 is 5.69 Å². The predicted molar refractivity (Wildman–Crippen MR) is 62.6 cm³/mol. The molecule has 1 aromatic heterocycles. The lowest BCUT2D eigenvalue weighted by atomic mass is 10.2. The SMILES string of the molecule is CNC(C)CCn1nc2n(c1=O)CCCC2. The van der Waals surface area contributed by atoms with Gasteiger partial charge in [-0.1, -0.05) is 0 Å². The van der Waals surface area contributed by atoms with Crippen molar-refractivity contribution in [1.82, 2.24) is 19.7 Å². The Kier molecular flexibility index (Phi) is 3.43. The third-order valence-electron chi connectivity index (χ3n) is 3.30. The zero-order valence-electron chi connectivity index (χ0n) is 10.1. The first kappa shape index (κ1) is 11.4. The van der Waals surface area contributed by atoms with E-state index in [4.69, 9.17) is 0 Å². The van der Waals surface area contributed by atoms with Crippen LogP contribution in [0.2, 0.25) is 0 Å². The predicted octanol–water partition coefficient (Wildman–Crippen LogP) is 0.379. The van der Waals surface area contributed by atoms with Crippen LogP contribution in [0.5, 0.6) is 0 Å². The first-order valence-electron chi connectivity index (χ1n) is 6.06. The third-order valence-corrected chi connectivity index (χ3v) is 3.30. The molecule has 0 aromatic carbocycles. The van der Waals surface area contributed by atoms with Gasteiger partial charge in [-0.25, -0.2) is 9.48 Å². The third kappa shape index (κ3) is 2.19. The van der Waals surface area contributed by atoms with Gasteiger partial charge in [-0.3, -0.25) is 4.57 Å². The molecule has 1 aromatic rings. The molecule has 16 heavy (non-hydrogen) atoms. The van der Waals surface area contributed by atoms with E-state index >= 15 is 0 Å². The Balaban J connectivity index is 2.10. The van der Waals surface area contributed by atoms with E-state index in [1.54, 1.807) is 4.68 Å². The average Bonchev–Trinajstić information content (AvgIpc) is 2.64. The van der Waals surface area contributed by atoms with Crippen LogP contribution in [0.4, 0.5) is 0 Å². The van der Waals surface area contributed by atoms with Crippen molar-refractivity contribution in [2.75, 3.05) is 7.05 Å². The molecule has 90 valence electrons. The Morgan fingerprint density at radius 2 is 2.31 bits per heavy atom. The first-order chi connectivity index (χ1) is 7.72. The summed E-state index contributed by atoms with van der Waals surface area (Å²) in [6, 6.07) is 0.422. The Labute approximate surface area is 95.5 Å². The van der Waals surface area contributed by atoms with Crippen LogP contribution in [0.15, 0.2) is 4.79 Å². The molecular weight excluding hydrogens is 204 g/mol. The van der Waals surface area contributed by atoms with Crippen molar-refractivity contribution >= 4 is 0 Å². The molecule has 2 heterocycles. The summed E-state index contributed by atoms with van der Waals surface area (Å²) >= 11 is 0. The van der Waals surface area contributed by atoms with Crippen molar-refractivity contribution in [2.45, 2.75) is 51.7 Å². The second-order valence-corrected chi connectivity index (χ2v) is 4.51. The molecule has 0 fully saturated rings. The van der Waals surface area contributed by atoms with Crippen LogP contribution in [-0.2, 0) is 19.5 Å². The highest BCUT2D eigenvalue weighted by Crippen LogP contribution is 2.09. The van der Waals surface area contributed by atoms with Crippen LogP contribution >= 0.6 is 0 Å². The van der Waals surface area contributed by atoms with Gasteiger partial charge in [0.2, 0.25) is 0 Å². The van der Waals surface area contributed by atoms with Gasteiger partial charge in [0, 0.05) is 25.6 Å². The normalized spacial score (nSPS) is 17.1. The van der Waals surface area contributed by atoms with E-state index in [0.29, 0.717) is 12.6 Å². The lowest BCUT2D eigenvalue weighted by Crippen LogP contribution is -2.29. The molecule has 0 bridgehead atoms. The molecular formula is C11H20N4O. The number of aromatic nitrogens is 3. The minimum absolute atomic E-state index is 0.0676. The maximum atomic E-state index is 12.0. The number of rotatable bonds is 4. The summed E-state index contributed by atoms with van der Waals surface area (Å²) in [6.45, 7) is 3.66. The summed E-state index contributed by atoms with van der Waals surface area (Å²) in [6.07, 6.45) is 4.14. The molecule has 5 nitrogen and oxygen atoms in total. The van der Waals surface area contributed by atoms with Crippen molar-refractivity contribution in [3.05, 3.63) is 16.3 Å². The lowest BCUT2D eigenvalue weighted by molar-refractivity contribution is 0.471. The van der Waals surface area contributed by atoms with Crippen LogP contribution < -0.4 is 11.0 Å². The maximum absolute atomic E-state index is 12.0. The van der Waals surface area contributed by atoms with Gasteiger partial charge in [0.25, 0.3) is 0 Å². The molecule has 1 N–H and O–H groups in total. The van der Waals surface area contributed by atoms with Crippen LogP contribution in [0.25, 0.3) is 0 Å². The van der Waals surface area contributed by atoms with Crippen molar-refractivity contribution in [3.63, 3.8) is 0 Å². The molecule has 1 unspecified atom stereocenters. The van der Waals surface area contributed by atoms with E-state index in [1.807, 2.05) is 11.6 Å². The van der Waals surface area contributed by atoms with Crippen LogP contribution in [0.1, 0.15) is 32.0 Å². The van der Waals surface area contributed by atoms with E-state index in [1.165, 1.54) is 0 Å². The largest absolute Gasteiger partial charge is 0.345 e. The van der Waals surface area contributed by atoms with E-state index in [9.17, 15) is 4.79 Å². The number of fused-ring (bicyclic) bond motifs is 1. The summed E-state index contributed by atoms with van der Waals surface area (Å²) in [4.78, 5) is 12.0. The molecule has 0 amide bonds. The fourth-order valence-corrected chi connectivity index (χ4v) is 2.05. The van der Waals surface area contributed by atoms with Crippen molar-refractivity contribution in [2.24, 2.45) is 0 Å². The van der Waals surface area contributed by atoms with Gasteiger partial charge in [-0.15, -0.1) is 0 Å². The molecule has 2 rings (SSSR count). The smallest absolute Gasteiger partial charge is 0.317 e. The van der Waals surface area contributed by atoms with Crippen molar-refractivity contribution in [1.29, 1.82) is 0 Å². The first-order valence-corrected chi connectivity index (χ1v) is 6.06. The van der Waals surface area contributed by atoms with E-state index in [0.717, 1.165) is 38.1 Å². The maximum Gasteiger partial charge on any atom is 0.345 e. The highest BCUT2D eigenvalue weighted by atomic mass is 16.2. The molecule has 0 aliphatic carbocycles. The highest BCUT2D eigenvalue weighted by Gasteiger charge is 2.16. The Morgan fingerprint density at radius 3 is 3.00 bits per heavy atom. The zero-order chi connectivity index (χ0) is 11.5. The molecule has 1 atom stereocenters. The van der Waals surface area contributed by atoms with E-state index in [2.05, 4.69) is 17.3 Å². The average molecular weight is 224 g/mol. The van der Waals surface area contributed by atoms with Gasteiger partial charge in [0.1, 0.15) is 5.82 Å². The molecule has 0 saturated carbocycles. The monoisotopic (exact) mass is 224 g/mol. The fraction of sp³-hybridized carbons (Fsp3) is 0.818. The number of hydrogen-bond acceptors (Lipinski definition) is 3. The van der Waals surface area contributed by atoms with Gasteiger partial charge in [-0.2, -0.15) is 5.10 Å². The molecule has 5 heteroatoms. The molecule has 1 aliphatic heterocycles. The molecule has 0 saturated heterocycles. The van der Waals surface area contributed by atoms with E-state index < -0.39 is 0 Å².